The van der Waals surface area contributed by atoms with Crippen LogP contribution in [0, 0.1) is 0 Å². The molecule has 10 heteroatoms. The van der Waals surface area contributed by atoms with Gasteiger partial charge in [0.05, 0.1) is 21.7 Å². The zero-order chi connectivity index (χ0) is 23.8. The Bertz CT molecular complexity index is 1320. The number of benzene rings is 3. The third kappa shape index (κ3) is 4.33. The highest BCUT2D eigenvalue weighted by atomic mass is 35.5. The minimum absolute atomic E-state index is 0.0749. The van der Waals surface area contributed by atoms with Gasteiger partial charge < -0.3 is 4.74 Å². The molecule has 0 atom stereocenters. The lowest BCUT2D eigenvalue weighted by atomic mass is 10.1. The highest BCUT2D eigenvalue weighted by molar-refractivity contribution is 7.92. The molecule has 3 aromatic rings. The summed E-state index contributed by atoms with van der Waals surface area (Å²) >= 11 is 5.82. The van der Waals surface area contributed by atoms with Crippen molar-refractivity contribution in [2.45, 2.75) is 4.90 Å². The Hall–Kier alpha value is -3.69. The summed E-state index contributed by atoms with van der Waals surface area (Å²) in [4.78, 5) is 38.0. The molecular weight excluding hydrogens is 468 g/mol. The first-order valence-corrected chi connectivity index (χ1v) is 11.5. The normalized spacial score (nSPS) is 13.1. The summed E-state index contributed by atoms with van der Waals surface area (Å²) in [7, 11) is -2.42. The molecule has 0 saturated heterocycles. The number of sulfonamides is 1. The first kappa shape index (κ1) is 22.5. The molecule has 2 amide bonds. The molecule has 168 valence electrons. The van der Waals surface area contributed by atoms with Crippen LogP contribution in [0.15, 0.2) is 77.7 Å². The topological polar surface area (TPSA) is 101 Å². The molecular formula is C23H17ClN2O6S. The molecule has 0 radical (unpaired) electrons. The van der Waals surface area contributed by atoms with Crippen molar-refractivity contribution in [1.29, 1.82) is 0 Å². The second-order valence-corrected chi connectivity index (χ2v) is 9.54. The Balaban J connectivity index is 1.43. The molecule has 0 spiro atoms. The maximum atomic E-state index is 12.8. The van der Waals surface area contributed by atoms with Crippen LogP contribution in [-0.2, 0) is 14.8 Å². The van der Waals surface area contributed by atoms with Crippen LogP contribution in [0.5, 0.6) is 5.75 Å². The number of ether oxygens (including phenoxy) is 1. The van der Waals surface area contributed by atoms with Crippen molar-refractivity contribution in [3.63, 3.8) is 0 Å². The number of carbonyl (C=O) groups is 3. The molecule has 33 heavy (non-hydrogen) atoms. The molecule has 0 saturated carbocycles. The van der Waals surface area contributed by atoms with E-state index in [0.717, 1.165) is 9.21 Å². The minimum Gasteiger partial charge on any atom is -0.425 e. The molecule has 0 aliphatic carbocycles. The number of carbonyl (C=O) groups excluding carboxylic acids is 3. The Labute approximate surface area is 195 Å². The predicted molar refractivity (Wildman–Crippen MR) is 121 cm³/mol. The van der Waals surface area contributed by atoms with Gasteiger partial charge >= 0.3 is 5.97 Å². The molecule has 1 heterocycles. The van der Waals surface area contributed by atoms with Crippen LogP contribution in [0.3, 0.4) is 0 Å². The van der Waals surface area contributed by atoms with Gasteiger partial charge in [-0.3, -0.25) is 18.8 Å². The fraction of sp³-hybridized carbons (Fsp3) is 0.0870. The zero-order valence-electron chi connectivity index (χ0n) is 17.3. The standard InChI is InChI=1S/C23H17ClN2O6S/c1-25(33(30,31)18-12-6-15(24)7-13-18)16-8-10-17(11-9-16)32-21(27)14-26-22(28)19-4-2-3-5-20(19)23(26)29/h2-13H,14H2,1H3. The van der Waals surface area contributed by atoms with E-state index in [4.69, 9.17) is 16.3 Å². The van der Waals surface area contributed by atoms with Crippen LogP contribution in [0.1, 0.15) is 20.7 Å². The van der Waals surface area contributed by atoms with Gasteiger partial charge in [-0.1, -0.05) is 23.7 Å². The van der Waals surface area contributed by atoms with Gasteiger partial charge in [0.25, 0.3) is 21.8 Å². The maximum Gasteiger partial charge on any atom is 0.331 e. The largest absolute Gasteiger partial charge is 0.425 e. The molecule has 0 bridgehead atoms. The van der Waals surface area contributed by atoms with Crippen molar-refractivity contribution in [2.24, 2.45) is 0 Å². The highest BCUT2D eigenvalue weighted by Crippen LogP contribution is 2.26. The smallest absolute Gasteiger partial charge is 0.331 e. The predicted octanol–water partition coefficient (Wildman–Crippen LogP) is 3.37. The quantitative estimate of drug-likeness (QED) is 0.302. The lowest BCUT2D eigenvalue weighted by Gasteiger charge is -2.20. The Morgan fingerprint density at radius 3 is 2.00 bits per heavy atom. The van der Waals surface area contributed by atoms with Crippen molar-refractivity contribution in [3.8, 4) is 5.75 Å². The van der Waals surface area contributed by atoms with Crippen molar-refractivity contribution in [1.82, 2.24) is 4.90 Å². The van der Waals surface area contributed by atoms with E-state index in [1.807, 2.05) is 0 Å². The molecule has 4 rings (SSSR count). The number of amides is 2. The lowest BCUT2D eigenvalue weighted by molar-refractivity contribution is -0.134. The van der Waals surface area contributed by atoms with E-state index < -0.39 is 34.4 Å². The SMILES string of the molecule is CN(c1ccc(OC(=O)CN2C(=O)c3ccccc3C2=O)cc1)S(=O)(=O)c1ccc(Cl)cc1. The van der Waals surface area contributed by atoms with E-state index in [0.29, 0.717) is 10.7 Å². The Kier molecular flexibility index (Phi) is 5.92. The highest BCUT2D eigenvalue weighted by Gasteiger charge is 2.36. The molecule has 8 nitrogen and oxygen atoms in total. The second kappa shape index (κ2) is 8.68. The summed E-state index contributed by atoms with van der Waals surface area (Å²) < 4.78 is 31.9. The summed E-state index contributed by atoms with van der Waals surface area (Å²) in [5.41, 5.74) is 0.819. The van der Waals surface area contributed by atoms with E-state index in [-0.39, 0.29) is 21.8 Å². The fourth-order valence-electron chi connectivity index (χ4n) is 3.30. The van der Waals surface area contributed by atoms with E-state index >= 15 is 0 Å². The Morgan fingerprint density at radius 2 is 1.45 bits per heavy atom. The average molecular weight is 485 g/mol. The molecule has 3 aromatic carbocycles. The number of hydrogen-bond acceptors (Lipinski definition) is 6. The van der Waals surface area contributed by atoms with E-state index in [2.05, 4.69) is 0 Å². The van der Waals surface area contributed by atoms with Crippen LogP contribution in [0.25, 0.3) is 0 Å². The fourth-order valence-corrected chi connectivity index (χ4v) is 4.62. The van der Waals surface area contributed by atoms with Crippen LogP contribution in [-0.4, -0.2) is 44.7 Å². The third-order valence-corrected chi connectivity index (χ3v) is 7.12. The van der Waals surface area contributed by atoms with E-state index in [1.165, 1.54) is 67.7 Å². The van der Waals surface area contributed by atoms with E-state index in [1.54, 1.807) is 12.1 Å². The Morgan fingerprint density at radius 1 is 0.909 bits per heavy atom. The van der Waals surface area contributed by atoms with Gasteiger partial charge in [-0.2, -0.15) is 0 Å². The number of halogens is 1. The minimum atomic E-state index is -3.81. The maximum absolute atomic E-state index is 12.8. The monoisotopic (exact) mass is 484 g/mol. The van der Waals surface area contributed by atoms with Gasteiger partial charge in [-0.05, 0) is 60.7 Å². The first-order chi connectivity index (χ1) is 15.7. The van der Waals surface area contributed by atoms with Crippen LogP contribution in [0.4, 0.5) is 5.69 Å². The van der Waals surface area contributed by atoms with Gasteiger partial charge in [-0.15, -0.1) is 0 Å². The molecule has 0 fully saturated rings. The number of imide groups is 1. The van der Waals surface area contributed by atoms with Gasteiger partial charge in [0.15, 0.2) is 0 Å². The van der Waals surface area contributed by atoms with Crippen molar-refractivity contribution in [2.75, 3.05) is 17.9 Å². The average Bonchev–Trinajstić information content (AvgIpc) is 3.04. The zero-order valence-corrected chi connectivity index (χ0v) is 18.8. The van der Waals surface area contributed by atoms with Gasteiger partial charge in [0, 0.05) is 12.1 Å². The summed E-state index contributed by atoms with van der Waals surface area (Å²) in [5, 5.41) is 0.420. The van der Waals surface area contributed by atoms with Crippen LogP contribution >= 0.6 is 11.6 Å². The second-order valence-electron chi connectivity index (χ2n) is 7.14. The molecule has 1 aliphatic rings. The number of nitrogens with zero attached hydrogens (tertiary/aromatic N) is 2. The summed E-state index contributed by atoms with van der Waals surface area (Å²) in [6.07, 6.45) is 0. The summed E-state index contributed by atoms with van der Waals surface area (Å²) in [5.74, 6) is -1.79. The number of anilines is 1. The van der Waals surface area contributed by atoms with Crippen molar-refractivity contribution >= 4 is 45.1 Å². The van der Waals surface area contributed by atoms with Gasteiger partial charge in [0.2, 0.25) is 0 Å². The third-order valence-electron chi connectivity index (χ3n) is 5.07. The molecule has 0 aromatic heterocycles. The van der Waals surface area contributed by atoms with Gasteiger partial charge in [0.1, 0.15) is 12.3 Å². The van der Waals surface area contributed by atoms with Crippen LogP contribution < -0.4 is 9.04 Å². The number of rotatable bonds is 6. The van der Waals surface area contributed by atoms with Gasteiger partial charge in [-0.25, -0.2) is 13.2 Å². The molecule has 0 unspecified atom stereocenters. The number of esters is 1. The van der Waals surface area contributed by atoms with Crippen molar-refractivity contribution in [3.05, 3.63) is 88.9 Å². The number of hydrogen-bond donors (Lipinski definition) is 0. The number of fused-ring (bicyclic) bond motifs is 1. The molecule has 1 aliphatic heterocycles. The molecule has 0 N–H and O–H groups in total. The summed E-state index contributed by atoms with van der Waals surface area (Å²) in [6, 6.07) is 17.9. The van der Waals surface area contributed by atoms with Crippen LogP contribution in [0.2, 0.25) is 5.02 Å². The van der Waals surface area contributed by atoms with Crippen molar-refractivity contribution < 1.29 is 27.5 Å². The van der Waals surface area contributed by atoms with E-state index in [9.17, 15) is 22.8 Å². The summed E-state index contributed by atoms with van der Waals surface area (Å²) in [6.45, 7) is -0.543. The lowest BCUT2D eigenvalue weighted by Crippen LogP contribution is -2.36. The first-order valence-electron chi connectivity index (χ1n) is 9.69.